The standard InChI is InChI=1S/C60H111NO5/c1-3-5-7-9-11-13-15-17-19-21-22-23-24-25-28-32-36-40-44-48-52-58(63)57(56-62)61-59(64)53-49-45-41-37-33-29-27-31-35-39-43-47-51-55-66-60(65)54-50-46-42-38-34-30-26-20-18-16-14-12-10-8-6-4-2/h20,26,29,33,41,45,48,52,57-58,62-63H,3-19,21-25,27-28,30-32,34-40,42-44,46-47,49-51,53-56H2,1-2H3,(H,61,64)/b26-20-,33-29-,45-41-,52-48+. The lowest BCUT2D eigenvalue weighted by Gasteiger charge is -2.19. The molecule has 0 aliphatic heterocycles. The van der Waals surface area contributed by atoms with Crippen LogP contribution in [0.4, 0.5) is 0 Å². The Balaban J connectivity index is 3.58. The molecular formula is C60H111NO5. The van der Waals surface area contributed by atoms with Gasteiger partial charge in [0.25, 0.3) is 0 Å². The Bertz CT molecular complexity index is 1110. The number of ether oxygens (including phenoxy) is 1. The number of allylic oxidation sites excluding steroid dienone is 7. The number of carbonyl (C=O) groups excluding carboxylic acids is 2. The second-order valence-corrected chi connectivity index (χ2v) is 19.6. The average molecular weight is 927 g/mol. The van der Waals surface area contributed by atoms with Crippen LogP contribution in [0.1, 0.15) is 296 Å². The molecule has 0 aromatic heterocycles. The minimum Gasteiger partial charge on any atom is -0.466 e. The van der Waals surface area contributed by atoms with Gasteiger partial charge in [0.15, 0.2) is 0 Å². The molecule has 386 valence electrons. The predicted molar refractivity (Wildman–Crippen MR) is 287 cm³/mol. The molecule has 0 bridgehead atoms. The van der Waals surface area contributed by atoms with E-state index in [-0.39, 0.29) is 18.5 Å². The van der Waals surface area contributed by atoms with Gasteiger partial charge < -0.3 is 20.3 Å². The molecule has 0 aliphatic rings. The highest BCUT2D eigenvalue weighted by Crippen LogP contribution is 2.16. The molecule has 1 amide bonds. The molecule has 2 atom stereocenters. The lowest BCUT2D eigenvalue weighted by Crippen LogP contribution is -2.45. The van der Waals surface area contributed by atoms with E-state index in [4.69, 9.17) is 4.74 Å². The van der Waals surface area contributed by atoms with Gasteiger partial charge in [-0.2, -0.15) is 0 Å². The molecule has 3 N–H and O–H groups in total. The third kappa shape index (κ3) is 51.2. The number of carbonyl (C=O) groups is 2. The van der Waals surface area contributed by atoms with Gasteiger partial charge in [0, 0.05) is 12.8 Å². The van der Waals surface area contributed by atoms with Crippen molar-refractivity contribution in [1.82, 2.24) is 5.32 Å². The Morgan fingerprint density at radius 2 is 0.773 bits per heavy atom. The van der Waals surface area contributed by atoms with Crippen molar-refractivity contribution in [1.29, 1.82) is 0 Å². The van der Waals surface area contributed by atoms with Crippen LogP contribution in [0.3, 0.4) is 0 Å². The number of rotatable bonds is 53. The van der Waals surface area contributed by atoms with E-state index < -0.39 is 12.1 Å². The summed E-state index contributed by atoms with van der Waals surface area (Å²) in [5, 5.41) is 23.1. The maximum Gasteiger partial charge on any atom is 0.305 e. The normalized spacial score (nSPS) is 13.0. The van der Waals surface area contributed by atoms with Crippen molar-refractivity contribution >= 4 is 11.9 Å². The summed E-state index contributed by atoms with van der Waals surface area (Å²) >= 11 is 0. The number of amides is 1. The number of aliphatic hydroxyl groups is 2. The third-order valence-corrected chi connectivity index (χ3v) is 13.1. The van der Waals surface area contributed by atoms with Gasteiger partial charge in [0.1, 0.15) is 0 Å². The summed E-state index contributed by atoms with van der Waals surface area (Å²) in [5.74, 6) is -0.174. The Morgan fingerprint density at radius 3 is 1.20 bits per heavy atom. The van der Waals surface area contributed by atoms with Crippen LogP contribution in [0, 0.1) is 0 Å². The number of unbranched alkanes of at least 4 members (excludes halogenated alkanes) is 36. The van der Waals surface area contributed by atoms with E-state index in [0.29, 0.717) is 25.9 Å². The average Bonchev–Trinajstić information content (AvgIpc) is 3.32. The highest BCUT2D eigenvalue weighted by atomic mass is 16.5. The van der Waals surface area contributed by atoms with E-state index >= 15 is 0 Å². The first-order chi connectivity index (χ1) is 32.5. The highest BCUT2D eigenvalue weighted by Gasteiger charge is 2.17. The Hall–Kier alpha value is -2.18. The molecule has 0 aliphatic carbocycles. The molecule has 0 saturated heterocycles. The van der Waals surface area contributed by atoms with Crippen molar-refractivity contribution in [3.63, 3.8) is 0 Å². The number of hydrogen-bond acceptors (Lipinski definition) is 5. The summed E-state index contributed by atoms with van der Waals surface area (Å²) < 4.78 is 5.46. The van der Waals surface area contributed by atoms with Crippen molar-refractivity contribution in [2.24, 2.45) is 0 Å². The molecule has 6 heteroatoms. The van der Waals surface area contributed by atoms with Gasteiger partial charge in [0.05, 0.1) is 25.4 Å². The van der Waals surface area contributed by atoms with Crippen LogP contribution >= 0.6 is 0 Å². The topological polar surface area (TPSA) is 95.9 Å². The molecule has 0 heterocycles. The van der Waals surface area contributed by atoms with Gasteiger partial charge in [-0.3, -0.25) is 9.59 Å². The molecule has 0 spiro atoms. The summed E-state index contributed by atoms with van der Waals surface area (Å²) in [7, 11) is 0. The van der Waals surface area contributed by atoms with E-state index in [0.717, 1.165) is 51.4 Å². The van der Waals surface area contributed by atoms with E-state index in [2.05, 4.69) is 49.5 Å². The van der Waals surface area contributed by atoms with Crippen molar-refractivity contribution in [3.8, 4) is 0 Å². The van der Waals surface area contributed by atoms with Crippen molar-refractivity contribution in [2.45, 2.75) is 309 Å². The molecule has 0 radical (unpaired) electrons. The SMILES string of the molecule is CCCCCCCCC/C=C\CCCCCCCC(=O)OCCCCCCCC/C=C\C/C=C\CCC(=O)NC(CO)C(O)/C=C/CCCCCCCCCCCCCCCCCCCC. The minimum atomic E-state index is -0.881. The van der Waals surface area contributed by atoms with Crippen LogP contribution < -0.4 is 5.32 Å². The van der Waals surface area contributed by atoms with Crippen molar-refractivity contribution in [3.05, 3.63) is 48.6 Å². The second-order valence-electron chi connectivity index (χ2n) is 19.6. The van der Waals surface area contributed by atoms with E-state index in [1.165, 1.54) is 212 Å². The first-order valence-electron chi connectivity index (χ1n) is 28.9. The molecule has 0 aromatic rings. The zero-order chi connectivity index (χ0) is 47.9. The quantitative estimate of drug-likeness (QED) is 0.0321. The van der Waals surface area contributed by atoms with Crippen molar-refractivity contribution < 1.29 is 24.5 Å². The summed E-state index contributed by atoms with van der Waals surface area (Å²) in [4.78, 5) is 24.5. The molecular weight excluding hydrogens is 815 g/mol. The van der Waals surface area contributed by atoms with Gasteiger partial charge in [-0.25, -0.2) is 0 Å². The van der Waals surface area contributed by atoms with Crippen LogP contribution in [0.5, 0.6) is 0 Å². The van der Waals surface area contributed by atoms with Crippen LogP contribution in [-0.2, 0) is 14.3 Å². The maximum absolute atomic E-state index is 12.4. The van der Waals surface area contributed by atoms with Gasteiger partial charge in [-0.15, -0.1) is 0 Å². The number of nitrogens with one attached hydrogen (secondary N) is 1. The van der Waals surface area contributed by atoms with Crippen LogP contribution in [0.15, 0.2) is 48.6 Å². The highest BCUT2D eigenvalue weighted by molar-refractivity contribution is 5.76. The fourth-order valence-corrected chi connectivity index (χ4v) is 8.62. The second kappa shape index (κ2) is 55.4. The lowest BCUT2D eigenvalue weighted by atomic mass is 10.0. The van der Waals surface area contributed by atoms with Gasteiger partial charge in [-0.05, 0) is 77.0 Å². The maximum atomic E-state index is 12.4. The molecule has 0 aromatic carbocycles. The molecule has 0 saturated carbocycles. The molecule has 6 nitrogen and oxygen atoms in total. The number of esters is 1. The molecule has 66 heavy (non-hydrogen) atoms. The zero-order valence-electron chi connectivity index (χ0n) is 43.9. The van der Waals surface area contributed by atoms with E-state index in [1.54, 1.807) is 6.08 Å². The summed E-state index contributed by atoms with van der Waals surface area (Å²) in [5.41, 5.74) is 0. The van der Waals surface area contributed by atoms with Crippen LogP contribution in [0.2, 0.25) is 0 Å². The number of aliphatic hydroxyl groups excluding tert-OH is 2. The van der Waals surface area contributed by atoms with Gasteiger partial charge in [0.2, 0.25) is 5.91 Å². The monoisotopic (exact) mass is 926 g/mol. The largest absolute Gasteiger partial charge is 0.466 e. The smallest absolute Gasteiger partial charge is 0.305 e. The zero-order valence-corrected chi connectivity index (χ0v) is 43.9. The van der Waals surface area contributed by atoms with Gasteiger partial charge in [-0.1, -0.05) is 255 Å². The number of hydrogen-bond donors (Lipinski definition) is 3. The van der Waals surface area contributed by atoms with Crippen molar-refractivity contribution in [2.75, 3.05) is 13.2 Å². The first kappa shape index (κ1) is 63.8. The van der Waals surface area contributed by atoms with Gasteiger partial charge >= 0.3 is 5.97 Å². The first-order valence-corrected chi connectivity index (χ1v) is 28.9. The predicted octanol–water partition coefficient (Wildman–Crippen LogP) is 17.8. The van der Waals surface area contributed by atoms with Crippen LogP contribution in [-0.4, -0.2) is 47.4 Å². The molecule has 0 fully saturated rings. The third-order valence-electron chi connectivity index (χ3n) is 13.1. The van der Waals surface area contributed by atoms with E-state index in [9.17, 15) is 19.8 Å². The summed E-state index contributed by atoms with van der Waals surface area (Å²) in [6, 6.07) is -0.674. The Morgan fingerprint density at radius 1 is 0.424 bits per heavy atom. The summed E-state index contributed by atoms with van der Waals surface area (Å²) in [6.07, 6.45) is 70.0. The molecule has 0 rings (SSSR count). The van der Waals surface area contributed by atoms with E-state index in [1.807, 2.05) is 12.2 Å². The van der Waals surface area contributed by atoms with Crippen LogP contribution in [0.25, 0.3) is 0 Å². The fourth-order valence-electron chi connectivity index (χ4n) is 8.62. The summed E-state index contributed by atoms with van der Waals surface area (Å²) in [6.45, 7) is 4.84. The minimum absolute atomic E-state index is 0.0260. The Labute approximate surface area is 410 Å². The lowest BCUT2D eigenvalue weighted by molar-refractivity contribution is -0.143. The fraction of sp³-hybridized carbons (Fsp3) is 0.833. The Kier molecular flexibility index (Phi) is 53.6. The molecule has 2 unspecified atom stereocenters.